The molecule has 0 saturated carbocycles. The lowest BCUT2D eigenvalue weighted by Gasteiger charge is -2.17. The number of carbonyl (C=O) groups is 2. The molecule has 0 atom stereocenters. The highest BCUT2D eigenvalue weighted by atomic mass is 16.7. The van der Waals surface area contributed by atoms with Gasteiger partial charge in [-0.2, -0.15) is 0 Å². The first-order valence-electron chi connectivity index (χ1n) is 4.59. The van der Waals surface area contributed by atoms with Crippen molar-refractivity contribution in [3.63, 3.8) is 0 Å². The van der Waals surface area contributed by atoms with Gasteiger partial charge in [-0.25, -0.2) is 9.59 Å². The van der Waals surface area contributed by atoms with Crippen molar-refractivity contribution in [3.05, 3.63) is 35.4 Å². The number of aromatic carboxylic acids is 1. The maximum absolute atomic E-state index is 11.4. The van der Waals surface area contributed by atoms with E-state index in [4.69, 9.17) is 9.84 Å². The highest BCUT2D eigenvalue weighted by molar-refractivity contribution is 5.92. The lowest BCUT2D eigenvalue weighted by Crippen LogP contribution is -2.27. The lowest BCUT2D eigenvalue weighted by molar-refractivity contribution is -0.136. The molecule has 0 bridgehead atoms. The molecule has 0 saturated heterocycles. The van der Waals surface area contributed by atoms with Gasteiger partial charge >= 0.3 is 11.9 Å². The molecule has 0 fully saturated rings. The molecule has 1 aromatic rings. The van der Waals surface area contributed by atoms with E-state index in [9.17, 15) is 14.7 Å². The van der Waals surface area contributed by atoms with E-state index in [0.29, 0.717) is 0 Å². The zero-order valence-electron chi connectivity index (χ0n) is 8.93. The van der Waals surface area contributed by atoms with Crippen LogP contribution in [0.2, 0.25) is 0 Å². The topological polar surface area (TPSA) is 83.8 Å². The van der Waals surface area contributed by atoms with E-state index in [0.717, 1.165) is 0 Å². The van der Waals surface area contributed by atoms with E-state index in [2.05, 4.69) is 0 Å². The predicted octanol–water partition coefficient (Wildman–Crippen LogP) is 1.27. The molecular formula is C11H12O5. The SMILES string of the molecule is CC(C)(O)OC(=O)c1ccc(C(=O)O)cc1. The highest BCUT2D eigenvalue weighted by Crippen LogP contribution is 2.11. The average Bonchev–Trinajstić information content (AvgIpc) is 2.15. The number of aliphatic hydroxyl groups is 1. The molecule has 86 valence electrons. The third-order valence-corrected chi connectivity index (χ3v) is 1.71. The van der Waals surface area contributed by atoms with Gasteiger partial charge in [0.25, 0.3) is 0 Å². The fourth-order valence-corrected chi connectivity index (χ4v) is 1.03. The van der Waals surface area contributed by atoms with Crippen LogP contribution >= 0.6 is 0 Å². The quantitative estimate of drug-likeness (QED) is 0.596. The normalized spacial score (nSPS) is 10.9. The molecule has 0 radical (unpaired) electrons. The smallest absolute Gasteiger partial charge is 0.340 e. The molecule has 5 nitrogen and oxygen atoms in total. The number of ether oxygens (including phenoxy) is 1. The maximum Gasteiger partial charge on any atom is 0.340 e. The minimum Gasteiger partial charge on any atom is -0.478 e. The summed E-state index contributed by atoms with van der Waals surface area (Å²) in [6.45, 7) is 2.66. The summed E-state index contributed by atoms with van der Waals surface area (Å²) in [7, 11) is 0. The number of carboxylic acid groups (broad SMARTS) is 1. The molecule has 0 aliphatic heterocycles. The van der Waals surface area contributed by atoms with Gasteiger partial charge in [0, 0.05) is 13.8 Å². The molecule has 1 aromatic carbocycles. The van der Waals surface area contributed by atoms with Gasteiger partial charge in [0.2, 0.25) is 5.79 Å². The fraction of sp³-hybridized carbons (Fsp3) is 0.273. The second-order valence-corrected chi connectivity index (χ2v) is 3.72. The first-order chi connectivity index (χ1) is 7.29. The monoisotopic (exact) mass is 224 g/mol. The van der Waals surface area contributed by atoms with E-state index in [1.54, 1.807) is 0 Å². The van der Waals surface area contributed by atoms with Crippen molar-refractivity contribution < 1.29 is 24.5 Å². The molecule has 0 aliphatic carbocycles. The molecule has 0 spiro atoms. The predicted molar refractivity (Wildman–Crippen MR) is 55.1 cm³/mol. The molecule has 0 unspecified atom stereocenters. The number of rotatable bonds is 3. The van der Waals surface area contributed by atoms with Crippen molar-refractivity contribution in [1.82, 2.24) is 0 Å². The van der Waals surface area contributed by atoms with Crippen LogP contribution in [-0.2, 0) is 4.74 Å². The Morgan fingerprint density at radius 2 is 1.56 bits per heavy atom. The van der Waals surface area contributed by atoms with Crippen molar-refractivity contribution in [2.75, 3.05) is 0 Å². The average molecular weight is 224 g/mol. The first kappa shape index (κ1) is 12.2. The van der Waals surface area contributed by atoms with Crippen LogP contribution in [0.15, 0.2) is 24.3 Å². The third-order valence-electron chi connectivity index (χ3n) is 1.71. The van der Waals surface area contributed by atoms with Crippen LogP contribution in [0.1, 0.15) is 34.6 Å². The van der Waals surface area contributed by atoms with Crippen molar-refractivity contribution in [1.29, 1.82) is 0 Å². The minimum absolute atomic E-state index is 0.0832. The molecule has 5 heteroatoms. The third kappa shape index (κ3) is 3.36. The minimum atomic E-state index is -1.55. The summed E-state index contributed by atoms with van der Waals surface area (Å²) in [5, 5.41) is 17.9. The van der Waals surface area contributed by atoms with Crippen LogP contribution in [0, 0.1) is 0 Å². The number of hydrogen-bond donors (Lipinski definition) is 2. The van der Waals surface area contributed by atoms with Gasteiger partial charge in [0.05, 0.1) is 11.1 Å². The Bertz CT molecular complexity index is 399. The summed E-state index contributed by atoms with van der Waals surface area (Å²) in [5.41, 5.74) is 0.270. The Labute approximate surface area is 92.3 Å². The molecule has 0 aliphatic rings. The molecule has 2 N–H and O–H groups in total. The van der Waals surface area contributed by atoms with E-state index >= 15 is 0 Å². The Morgan fingerprint density at radius 1 is 1.12 bits per heavy atom. The van der Waals surface area contributed by atoms with E-state index in [1.807, 2.05) is 0 Å². The number of carboxylic acids is 1. The molecule has 1 rings (SSSR count). The largest absolute Gasteiger partial charge is 0.478 e. The Morgan fingerprint density at radius 3 is 1.94 bits per heavy atom. The molecule has 0 amide bonds. The molecular weight excluding hydrogens is 212 g/mol. The van der Waals surface area contributed by atoms with E-state index in [1.165, 1.54) is 38.1 Å². The fourth-order valence-electron chi connectivity index (χ4n) is 1.03. The second-order valence-electron chi connectivity index (χ2n) is 3.72. The van der Waals surface area contributed by atoms with Crippen LogP contribution in [0.25, 0.3) is 0 Å². The number of esters is 1. The van der Waals surface area contributed by atoms with Crippen LogP contribution in [0.5, 0.6) is 0 Å². The Balaban J connectivity index is 2.82. The van der Waals surface area contributed by atoms with Crippen molar-refractivity contribution in [3.8, 4) is 0 Å². The van der Waals surface area contributed by atoms with Gasteiger partial charge in [0.1, 0.15) is 0 Å². The highest BCUT2D eigenvalue weighted by Gasteiger charge is 2.19. The van der Waals surface area contributed by atoms with E-state index < -0.39 is 17.7 Å². The Kier molecular flexibility index (Phi) is 3.29. The van der Waals surface area contributed by atoms with Crippen LogP contribution < -0.4 is 0 Å². The second kappa shape index (κ2) is 4.32. The van der Waals surface area contributed by atoms with Crippen molar-refractivity contribution >= 4 is 11.9 Å². The first-order valence-corrected chi connectivity index (χ1v) is 4.59. The summed E-state index contributed by atoms with van der Waals surface area (Å²) >= 11 is 0. The standard InChI is InChI=1S/C11H12O5/c1-11(2,15)16-10(14)8-5-3-7(4-6-8)9(12)13/h3-6,15H,1-2H3,(H,12,13). The summed E-state index contributed by atoms with van der Waals surface area (Å²) < 4.78 is 4.69. The van der Waals surface area contributed by atoms with Gasteiger partial charge in [-0.3, -0.25) is 0 Å². The molecule has 0 heterocycles. The molecule has 0 aromatic heterocycles. The van der Waals surface area contributed by atoms with Crippen molar-refractivity contribution in [2.45, 2.75) is 19.6 Å². The van der Waals surface area contributed by atoms with Crippen LogP contribution in [-0.4, -0.2) is 27.9 Å². The van der Waals surface area contributed by atoms with Crippen molar-refractivity contribution in [2.24, 2.45) is 0 Å². The summed E-state index contributed by atoms with van der Waals surface area (Å²) in [5.74, 6) is -3.32. The van der Waals surface area contributed by atoms with Gasteiger partial charge in [0.15, 0.2) is 0 Å². The van der Waals surface area contributed by atoms with Gasteiger partial charge < -0.3 is 14.9 Å². The summed E-state index contributed by atoms with van der Waals surface area (Å²) in [6.07, 6.45) is 0. The number of hydrogen-bond acceptors (Lipinski definition) is 4. The molecule has 16 heavy (non-hydrogen) atoms. The zero-order chi connectivity index (χ0) is 12.3. The number of carbonyl (C=O) groups excluding carboxylic acids is 1. The number of benzene rings is 1. The maximum atomic E-state index is 11.4. The van der Waals surface area contributed by atoms with Crippen LogP contribution in [0.4, 0.5) is 0 Å². The van der Waals surface area contributed by atoms with Gasteiger partial charge in [-0.1, -0.05) is 0 Å². The summed E-state index contributed by atoms with van der Waals surface area (Å²) in [4.78, 5) is 22.0. The summed E-state index contributed by atoms with van der Waals surface area (Å²) in [6, 6.07) is 5.25. The van der Waals surface area contributed by atoms with Gasteiger partial charge in [-0.15, -0.1) is 0 Å². The lowest BCUT2D eigenvalue weighted by atomic mass is 10.1. The van der Waals surface area contributed by atoms with Gasteiger partial charge in [-0.05, 0) is 24.3 Å². The van der Waals surface area contributed by atoms with Crippen LogP contribution in [0.3, 0.4) is 0 Å². The zero-order valence-corrected chi connectivity index (χ0v) is 8.93. The van der Waals surface area contributed by atoms with E-state index in [-0.39, 0.29) is 11.1 Å². The Hall–Kier alpha value is -1.88.